The van der Waals surface area contributed by atoms with Crippen molar-refractivity contribution in [3.8, 4) is 17.6 Å². The Kier molecular flexibility index (Phi) is 9.63. The molecule has 0 saturated carbocycles. The number of nitrogens with zero attached hydrogens (tertiary/aromatic N) is 1. The van der Waals surface area contributed by atoms with Crippen LogP contribution in [-0.4, -0.2) is 37.3 Å². The van der Waals surface area contributed by atoms with Crippen molar-refractivity contribution in [1.29, 1.82) is 0 Å². The Morgan fingerprint density at radius 2 is 1.85 bits per heavy atom. The van der Waals surface area contributed by atoms with E-state index >= 15 is 0 Å². The summed E-state index contributed by atoms with van der Waals surface area (Å²) < 4.78 is 18.9. The molecule has 3 aromatic carbocycles. The third-order valence-corrected chi connectivity index (χ3v) is 8.20. The number of benzene rings is 3. The molecule has 0 amide bonds. The van der Waals surface area contributed by atoms with Crippen molar-refractivity contribution in [2.24, 2.45) is 0 Å². The van der Waals surface area contributed by atoms with Crippen LogP contribution in [0.4, 0.5) is 4.39 Å². The summed E-state index contributed by atoms with van der Waals surface area (Å²) in [6, 6.07) is 21.6. The fourth-order valence-electron chi connectivity index (χ4n) is 5.89. The van der Waals surface area contributed by atoms with Crippen LogP contribution in [0.2, 0.25) is 5.02 Å². The second-order valence-corrected chi connectivity index (χ2v) is 11.4. The number of halogens is 2. The van der Waals surface area contributed by atoms with Gasteiger partial charge in [0.25, 0.3) is 0 Å². The van der Waals surface area contributed by atoms with Crippen LogP contribution in [0, 0.1) is 18.8 Å². The zero-order valence-corrected chi connectivity index (χ0v) is 24.5. The molecule has 1 atom stereocenters. The number of hydrogen-bond donors (Lipinski definition) is 0. The number of unbranched alkanes of at least 4 members (excludes halogenated alkanes) is 1. The lowest BCUT2D eigenvalue weighted by molar-refractivity contribution is 0.198. The predicted molar refractivity (Wildman–Crippen MR) is 166 cm³/mol. The predicted octanol–water partition coefficient (Wildman–Crippen LogP) is 8.91. The van der Waals surface area contributed by atoms with Crippen molar-refractivity contribution in [3.63, 3.8) is 0 Å². The summed E-state index contributed by atoms with van der Waals surface area (Å²) in [5, 5.41) is 0.802. The van der Waals surface area contributed by atoms with Crippen LogP contribution in [0.3, 0.4) is 0 Å². The van der Waals surface area contributed by atoms with Gasteiger partial charge >= 0.3 is 0 Å². The molecule has 1 saturated heterocycles. The van der Waals surface area contributed by atoms with E-state index in [2.05, 4.69) is 91.3 Å². The smallest absolute Gasteiger partial charge is 0.119 e. The van der Waals surface area contributed by atoms with Gasteiger partial charge in [-0.05, 0) is 115 Å². The maximum Gasteiger partial charge on any atom is 0.119 e. The van der Waals surface area contributed by atoms with Gasteiger partial charge < -0.3 is 4.74 Å². The molecule has 0 aromatic heterocycles. The molecule has 0 spiro atoms. The van der Waals surface area contributed by atoms with Crippen molar-refractivity contribution >= 4 is 22.7 Å². The van der Waals surface area contributed by atoms with Crippen molar-refractivity contribution in [3.05, 3.63) is 99.1 Å². The first kappa shape index (κ1) is 28.5. The second-order valence-electron chi connectivity index (χ2n) is 11.0. The van der Waals surface area contributed by atoms with Crippen LogP contribution in [0.15, 0.2) is 60.7 Å². The maximum atomic E-state index is 12.6. The second kappa shape index (κ2) is 13.5. The molecular formula is C36H39ClFNO. The first-order valence-corrected chi connectivity index (χ1v) is 15.1. The van der Waals surface area contributed by atoms with Crippen LogP contribution in [0.5, 0.6) is 5.75 Å². The van der Waals surface area contributed by atoms with Crippen molar-refractivity contribution in [1.82, 2.24) is 4.90 Å². The SMILES string of the molecule is CCCC#Cc1ccc2c(c1)CCCC(c1ccc(C)cc1Cl)=C2c1ccc(O[C@H]2CCN(CCCF)C2)cc1. The molecule has 0 bridgehead atoms. The summed E-state index contributed by atoms with van der Waals surface area (Å²) in [6.07, 6.45) is 6.74. The number of hydrogen-bond acceptors (Lipinski definition) is 2. The summed E-state index contributed by atoms with van der Waals surface area (Å²) in [5.41, 5.74) is 9.68. The van der Waals surface area contributed by atoms with E-state index in [1.54, 1.807) is 0 Å². The number of allylic oxidation sites excluding steroid dienone is 1. The van der Waals surface area contributed by atoms with E-state index in [9.17, 15) is 4.39 Å². The Bertz CT molecular complexity index is 1410. The number of ether oxygens (including phenoxy) is 1. The van der Waals surface area contributed by atoms with E-state index in [0.717, 1.165) is 85.6 Å². The molecule has 0 radical (unpaired) electrons. The minimum Gasteiger partial charge on any atom is -0.489 e. The Labute approximate surface area is 244 Å². The Balaban J connectivity index is 1.50. The average molecular weight is 556 g/mol. The lowest BCUT2D eigenvalue weighted by Gasteiger charge is -2.19. The van der Waals surface area contributed by atoms with Crippen LogP contribution in [0.1, 0.15) is 78.8 Å². The highest BCUT2D eigenvalue weighted by Crippen LogP contribution is 2.42. The largest absolute Gasteiger partial charge is 0.489 e. The minimum atomic E-state index is -0.258. The molecule has 1 fully saturated rings. The topological polar surface area (TPSA) is 12.5 Å². The lowest BCUT2D eigenvalue weighted by Crippen LogP contribution is -2.26. The van der Waals surface area contributed by atoms with E-state index in [-0.39, 0.29) is 12.8 Å². The van der Waals surface area contributed by atoms with Gasteiger partial charge in [-0.3, -0.25) is 9.29 Å². The Morgan fingerprint density at radius 3 is 2.62 bits per heavy atom. The van der Waals surface area contributed by atoms with E-state index in [1.165, 1.54) is 27.8 Å². The number of aryl methyl sites for hydroxylation is 2. The number of fused-ring (bicyclic) bond motifs is 1. The highest BCUT2D eigenvalue weighted by Gasteiger charge is 2.25. The van der Waals surface area contributed by atoms with Gasteiger partial charge in [-0.25, -0.2) is 0 Å². The average Bonchev–Trinajstić information content (AvgIpc) is 3.31. The molecular weight excluding hydrogens is 517 g/mol. The summed E-state index contributed by atoms with van der Waals surface area (Å²) >= 11 is 6.86. The van der Waals surface area contributed by atoms with Crippen LogP contribution in [-0.2, 0) is 6.42 Å². The van der Waals surface area contributed by atoms with E-state index in [4.69, 9.17) is 16.3 Å². The fraction of sp³-hybridized carbons (Fsp3) is 0.389. The molecule has 3 aromatic rings. The van der Waals surface area contributed by atoms with E-state index in [0.29, 0.717) is 6.42 Å². The van der Waals surface area contributed by atoms with Gasteiger partial charge in [0, 0.05) is 36.6 Å². The first-order chi connectivity index (χ1) is 19.6. The van der Waals surface area contributed by atoms with Gasteiger partial charge in [0.15, 0.2) is 0 Å². The van der Waals surface area contributed by atoms with Crippen LogP contribution < -0.4 is 4.74 Å². The van der Waals surface area contributed by atoms with Crippen molar-refractivity contribution in [2.75, 3.05) is 26.3 Å². The van der Waals surface area contributed by atoms with Crippen molar-refractivity contribution in [2.45, 2.75) is 64.9 Å². The number of likely N-dealkylation sites (tertiary alicyclic amines) is 1. The molecule has 1 aliphatic heterocycles. The molecule has 5 rings (SSSR count). The van der Waals surface area contributed by atoms with E-state index < -0.39 is 0 Å². The molecule has 2 nitrogen and oxygen atoms in total. The van der Waals surface area contributed by atoms with Crippen molar-refractivity contribution < 1.29 is 9.13 Å². The molecule has 1 heterocycles. The number of alkyl halides is 1. The highest BCUT2D eigenvalue weighted by atomic mass is 35.5. The standard InChI is InChI=1S/C36H39ClFNO/c1-3-4-5-8-27-12-18-32-29(24-27)9-6-10-34(33-17-11-26(2)23-35(33)37)36(32)28-13-15-30(16-14-28)40-31-19-22-39(25-31)21-7-20-38/h11-18,23-24,31H,3-4,6-7,9-10,19-22,25H2,1-2H3/t31-/m0/s1. The normalized spacial score (nSPS) is 17.2. The fourth-order valence-corrected chi connectivity index (χ4v) is 6.24. The summed E-state index contributed by atoms with van der Waals surface area (Å²) in [5.74, 6) is 7.54. The van der Waals surface area contributed by atoms with Crippen LogP contribution in [0.25, 0.3) is 11.1 Å². The van der Waals surface area contributed by atoms with Gasteiger partial charge in [0.05, 0.1) is 6.67 Å². The molecule has 4 heteroatoms. The van der Waals surface area contributed by atoms with Gasteiger partial charge in [-0.1, -0.05) is 60.7 Å². The molecule has 0 N–H and O–H groups in total. The monoisotopic (exact) mass is 555 g/mol. The zero-order valence-electron chi connectivity index (χ0n) is 23.7. The zero-order chi connectivity index (χ0) is 27.9. The third-order valence-electron chi connectivity index (χ3n) is 7.89. The quantitative estimate of drug-likeness (QED) is 0.257. The maximum absolute atomic E-state index is 12.6. The highest BCUT2D eigenvalue weighted by molar-refractivity contribution is 6.32. The summed E-state index contributed by atoms with van der Waals surface area (Å²) in [7, 11) is 0. The molecule has 208 valence electrons. The van der Waals surface area contributed by atoms with Gasteiger partial charge in [-0.2, -0.15) is 0 Å². The molecule has 1 aliphatic carbocycles. The molecule has 2 aliphatic rings. The lowest BCUT2D eigenvalue weighted by atomic mass is 9.87. The minimum absolute atomic E-state index is 0.150. The Hall–Kier alpha value is -3.06. The third kappa shape index (κ3) is 6.80. The summed E-state index contributed by atoms with van der Waals surface area (Å²) in [4.78, 5) is 2.30. The molecule has 40 heavy (non-hydrogen) atoms. The van der Waals surface area contributed by atoms with Gasteiger partial charge in [-0.15, -0.1) is 0 Å². The summed E-state index contributed by atoms with van der Waals surface area (Å²) in [6.45, 7) is 6.62. The van der Waals surface area contributed by atoms with Gasteiger partial charge in [0.1, 0.15) is 11.9 Å². The number of rotatable bonds is 8. The Morgan fingerprint density at radius 1 is 1.02 bits per heavy atom. The van der Waals surface area contributed by atoms with Gasteiger partial charge in [0.2, 0.25) is 0 Å². The van der Waals surface area contributed by atoms with E-state index in [1.807, 2.05) is 0 Å². The molecule has 0 unspecified atom stereocenters. The first-order valence-electron chi connectivity index (χ1n) is 14.7. The van der Waals surface area contributed by atoms with Crippen LogP contribution >= 0.6 is 11.6 Å².